The second-order valence-corrected chi connectivity index (χ2v) is 4.68. The molecule has 0 radical (unpaired) electrons. The summed E-state index contributed by atoms with van der Waals surface area (Å²) in [6.45, 7) is 6.46. The molecule has 0 amide bonds. The summed E-state index contributed by atoms with van der Waals surface area (Å²) in [5, 5.41) is 0. The fourth-order valence-electron chi connectivity index (χ4n) is 2.88. The maximum Gasteiger partial charge on any atom is 0.0154 e. The maximum atomic E-state index is 4.14. The van der Waals surface area contributed by atoms with Crippen LogP contribution >= 0.6 is 0 Å². The predicted octanol–water partition coefficient (Wildman–Crippen LogP) is 3.79. The molecule has 0 heterocycles. The average molecular weight is 184 g/mol. The SMILES string of the molecule is C=C1C2=CC=C[C@@H]1C2C(C)=C1CCC1. The van der Waals surface area contributed by atoms with E-state index in [1.54, 1.807) is 11.1 Å². The van der Waals surface area contributed by atoms with Crippen LogP contribution in [0.4, 0.5) is 0 Å². The largest absolute Gasteiger partial charge is 0.0949 e. The monoisotopic (exact) mass is 184 g/mol. The third-order valence-corrected chi connectivity index (χ3v) is 4.04. The van der Waals surface area contributed by atoms with Gasteiger partial charge in [0, 0.05) is 11.8 Å². The van der Waals surface area contributed by atoms with Crippen molar-refractivity contribution in [1.82, 2.24) is 0 Å². The van der Waals surface area contributed by atoms with Crippen LogP contribution in [0.25, 0.3) is 0 Å². The Hall–Kier alpha value is -1.04. The van der Waals surface area contributed by atoms with Gasteiger partial charge in [-0.1, -0.05) is 36.0 Å². The smallest absolute Gasteiger partial charge is 0.0154 e. The fourth-order valence-corrected chi connectivity index (χ4v) is 2.88. The van der Waals surface area contributed by atoms with Crippen molar-refractivity contribution in [2.75, 3.05) is 0 Å². The van der Waals surface area contributed by atoms with Crippen molar-refractivity contribution in [3.8, 4) is 0 Å². The summed E-state index contributed by atoms with van der Waals surface area (Å²) in [4.78, 5) is 0. The van der Waals surface area contributed by atoms with Gasteiger partial charge in [-0.05, 0) is 37.3 Å². The summed E-state index contributed by atoms with van der Waals surface area (Å²) in [7, 11) is 0. The molecule has 0 aliphatic heterocycles. The zero-order valence-corrected chi connectivity index (χ0v) is 8.72. The zero-order chi connectivity index (χ0) is 9.71. The Morgan fingerprint density at radius 1 is 1.43 bits per heavy atom. The third kappa shape index (κ3) is 0.890. The van der Waals surface area contributed by atoms with Gasteiger partial charge in [0.05, 0.1) is 0 Å². The highest BCUT2D eigenvalue weighted by atomic mass is 14.4. The van der Waals surface area contributed by atoms with Crippen LogP contribution in [-0.2, 0) is 0 Å². The molecule has 0 saturated heterocycles. The molecule has 2 saturated carbocycles. The summed E-state index contributed by atoms with van der Waals surface area (Å²) in [6.07, 6.45) is 10.8. The van der Waals surface area contributed by atoms with Crippen LogP contribution in [0.5, 0.6) is 0 Å². The molecule has 3 aliphatic carbocycles. The Morgan fingerprint density at radius 3 is 2.64 bits per heavy atom. The fraction of sp³-hybridized carbons (Fsp3) is 0.429. The van der Waals surface area contributed by atoms with Gasteiger partial charge in [-0.25, -0.2) is 0 Å². The van der Waals surface area contributed by atoms with Crippen LogP contribution in [0.2, 0.25) is 0 Å². The van der Waals surface area contributed by atoms with Crippen LogP contribution in [-0.4, -0.2) is 0 Å². The van der Waals surface area contributed by atoms with Gasteiger partial charge in [-0.2, -0.15) is 0 Å². The van der Waals surface area contributed by atoms with E-state index in [0.29, 0.717) is 11.8 Å². The van der Waals surface area contributed by atoms with Gasteiger partial charge < -0.3 is 0 Å². The van der Waals surface area contributed by atoms with E-state index < -0.39 is 0 Å². The first-order valence-corrected chi connectivity index (χ1v) is 5.55. The van der Waals surface area contributed by atoms with Gasteiger partial charge >= 0.3 is 0 Å². The molecule has 0 aromatic carbocycles. The Bertz CT molecular complexity index is 384. The second kappa shape index (κ2) is 2.73. The molecule has 2 bridgehead atoms. The van der Waals surface area contributed by atoms with Crippen LogP contribution in [0.3, 0.4) is 0 Å². The topological polar surface area (TPSA) is 0 Å². The van der Waals surface area contributed by atoms with Gasteiger partial charge in [0.25, 0.3) is 0 Å². The number of fused-ring (bicyclic) bond motifs is 2. The molecule has 3 aliphatic rings. The molecule has 3 rings (SSSR count). The summed E-state index contributed by atoms with van der Waals surface area (Å²) in [5.41, 5.74) is 6.21. The van der Waals surface area contributed by atoms with Crippen molar-refractivity contribution in [2.24, 2.45) is 11.8 Å². The number of hydrogen-bond donors (Lipinski definition) is 0. The Morgan fingerprint density at radius 2 is 2.21 bits per heavy atom. The molecular weight excluding hydrogens is 168 g/mol. The first kappa shape index (κ1) is 8.28. The second-order valence-electron chi connectivity index (χ2n) is 4.68. The van der Waals surface area contributed by atoms with Gasteiger partial charge in [0.2, 0.25) is 0 Å². The van der Waals surface area contributed by atoms with Crippen molar-refractivity contribution >= 4 is 0 Å². The molecule has 0 heteroatoms. The van der Waals surface area contributed by atoms with E-state index in [-0.39, 0.29) is 0 Å². The van der Waals surface area contributed by atoms with Crippen LogP contribution in [0, 0.1) is 11.8 Å². The van der Waals surface area contributed by atoms with E-state index in [4.69, 9.17) is 0 Å². The summed E-state index contributed by atoms with van der Waals surface area (Å²) in [6, 6.07) is 0. The van der Waals surface area contributed by atoms with Gasteiger partial charge in [0.15, 0.2) is 0 Å². The highest BCUT2D eigenvalue weighted by Crippen LogP contribution is 2.53. The first-order chi connectivity index (χ1) is 6.79. The number of rotatable bonds is 1. The molecule has 2 fully saturated rings. The first-order valence-electron chi connectivity index (χ1n) is 5.55. The lowest BCUT2D eigenvalue weighted by atomic mass is 9.59. The summed E-state index contributed by atoms with van der Waals surface area (Å²) >= 11 is 0. The number of hydrogen-bond acceptors (Lipinski definition) is 0. The lowest BCUT2D eigenvalue weighted by Gasteiger charge is -2.45. The molecule has 14 heavy (non-hydrogen) atoms. The quantitative estimate of drug-likeness (QED) is 0.544. The Kier molecular flexibility index (Phi) is 1.61. The highest BCUT2D eigenvalue weighted by molar-refractivity contribution is 5.57. The van der Waals surface area contributed by atoms with Crippen molar-refractivity contribution in [2.45, 2.75) is 26.2 Å². The van der Waals surface area contributed by atoms with Crippen molar-refractivity contribution < 1.29 is 0 Å². The van der Waals surface area contributed by atoms with E-state index in [1.165, 1.54) is 30.4 Å². The third-order valence-electron chi connectivity index (χ3n) is 4.04. The van der Waals surface area contributed by atoms with Crippen molar-refractivity contribution in [3.05, 3.63) is 47.1 Å². The van der Waals surface area contributed by atoms with E-state index in [9.17, 15) is 0 Å². The standard InChI is InChI=1S/C14H16/c1-9(11-5-3-6-11)14-12-7-4-8-13(14)10(12)2/h4,7-8,12,14H,2-3,5-6H2,1H3/t12-,14?/m0/s1. The molecule has 0 aromatic heterocycles. The summed E-state index contributed by atoms with van der Waals surface area (Å²) < 4.78 is 0. The highest BCUT2D eigenvalue weighted by Gasteiger charge is 2.41. The molecule has 1 unspecified atom stereocenters. The number of allylic oxidation sites excluding steroid dienone is 7. The van der Waals surface area contributed by atoms with E-state index in [2.05, 4.69) is 31.7 Å². The molecule has 0 nitrogen and oxygen atoms in total. The molecule has 0 N–H and O–H groups in total. The predicted molar refractivity (Wildman–Crippen MR) is 59.9 cm³/mol. The minimum absolute atomic E-state index is 0.628. The van der Waals surface area contributed by atoms with E-state index in [0.717, 1.165) is 0 Å². The normalized spacial score (nSPS) is 33.4. The molecular formula is C14H16. The Balaban J connectivity index is 1.93. The Labute approximate surface area is 85.7 Å². The molecule has 0 spiro atoms. The van der Waals surface area contributed by atoms with Crippen LogP contribution in [0.1, 0.15) is 26.2 Å². The summed E-state index contributed by atoms with van der Waals surface area (Å²) in [5.74, 6) is 1.32. The van der Waals surface area contributed by atoms with Gasteiger partial charge in [-0.15, -0.1) is 0 Å². The molecule has 0 aromatic rings. The lowest BCUT2D eigenvalue weighted by molar-refractivity contribution is 0.473. The minimum atomic E-state index is 0.628. The van der Waals surface area contributed by atoms with E-state index in [1.807, 2.05) is 0 Å². The molecule has 2 atom stereocenters. The minimum Gasteiger partial charge on any atom is -0.0949 e. The van der Waals surface area contributed by atoms with Gasteiger partial charge in [0.1, 0.15) is 0 Å². The van der Waals surface area contributed by atoms with Crippen molar-refractivity contribution in [3.63, 3.8) is 0 Å². The average Bonchev–Trinajstić information content (AvgIpc) is 2.13. The zero-order valence-electron chi connectivity index (χ0n) is 8.72. The van der Waals surface area contributed by atoms with Crippen LogP contribution in [0.15, 0.2) is 47.1 Å². The molecule has 72 valence electrons. The van der Waals surface area contributed by atoms with Crippen LogP contribution < -0.4 is 0 Å². The van der Waals surface area contributed by atoms with Crippen molar-refractivity contribution in [1.29, 1.82) is 0 Å². The lowest BCUT2D eigenvalue weighted by Crippen LogP contribution is -2.34. The van der Waals surface area contributed by atoms with Gasteiger partial charge in [-0.3, -0.25) is 0 Å². The maximum absolute atomic E-state index is 4.14. The van der Waals surface area contributed by atoms with E-state index >= 15 is 0 Å².